The van der Waals surface area contributed by atoms with Crippen molar-refractivity contribution in [3.8, 4) is 0 Å². The molecule has 2 heterocycles. The van der Waals surface area contributed by atoms with E-state index in [0.29, 0.717) is 19.6 Å². The second-order valence-corrected chi connectivity index (χ2v) is 7.85. The van der Waals surface area contributed by atoms with Gasteiger partial charge in [0.2, 0.25) is 0 Å². The molecule has 0 aliphatic carbocycles. The summed E-state index contributed by atoms with van der Waals surface area (Å²) < 4.78 is 0. The third-order valence-electron chi connectivity index (χ3n) is 4.73. The average molecular weight is 372 g/mol. The third kappa shape index (κ3) is 4.64. The molecule has 0 atom stereocenters. The van der Waals surface area contributed by atoms with E-state index in [1.807, 2.05) is 60.6 Å². The van der Waals surface area contributed by atoms with E-state index in [1.165, 1.54) is 4.88 Å². The second-order valence-electron chi connectivity index (χ2n) is 6.82. The Hall–Kier alpha value is -2.34. The molecule has 1 aromatic carbocycles. The molecule has 0 radical (unpaired) electrons. The minimum Gasteiger partial charge on any atom is -0.338 e. The summed E-state index contributed by atoms with van der Waals surface area (Å²) in [7, 11) is 1.81. The van der Waals surface area contributed by atoms with Gasteiger partial charge in [-0.25, -0.2) is 4.79 Å². The Morgan fingerprint density at radius 2 is 1.88 bits per heavy atom. The number of aryl methyl sites for hydroxylation is 1. The molecule has 1 aliphatic rings. The van der Waals surface area contributed by atoms with Crippen LogP contribution in [0.15, 0.2) is 41.8 Å². The molecule has 1 aromatic heterocycles. The quantitative estimate of drug-likeness (QED) is 0.894. The number of carbonyl (C=O) groups is 2. The first-order valence-electron chi connectivity index (χ1n) is 8.93. The first kappa shape index (κ1) is 18.5. The topological polar surface area (TPSA) is 52.7 Å². The number of hydrogen-bond donors (Lipinski definition) is 1. The van der Waals surface area contributed by atoms with Gasteiger partial charge in [-0.05, 0) is 43.3 Å². The Balaban J connectivity index is 1.46. The van der Waals surface area contributed by atoms with Gasteiger partial charge < -0.3 is 15.1 Å². The molecular formula is C20H25N3O2S. The van der Waals surface area contributed by atoms with E-state index in [9.17, 15) is 9.59 Å². The van der Waals surface area contributed by atoms with Crippen molar-refractivity contribution < 1.29 is 9.59 Å². The summed E-state index contributed by atoms with van der Waals surface area (Å²) >= 11 is 1.65. The van der Waals surface area contributed by atoms with Gasteiger partial charge in [0.1, 0.15) is 0 Å². The molecule has 0 unspecified atom stereocenters. The monoisotopic (exact) mass is 371 g/mol. The lowest BCUT2D eigenvalue weighted by Gasteiger charge is -2.33. The Morgan fingerprint density at radius 1 is 1.19 bits per heavy atom. The lowest BCUT2D eigenvalue weighted by molar-refractivity contribution is 0.0706. The number of amides is 3. The average Bonchev–Trinajstić information content (AvgIpc) is 3.15. The smallest absolute Gasteiger partial charge is 0.317 e. The first-order valence-corrected chi connectivity index (χ1v) is 9.81. The Kier molecular flexibility index (Phi) is 5.93. The fourth-order valence-electron chi connectivity index (χ4n) is 3.10. The van der Waals surface area contributed by atoms with Gasteiger partial charge in [-0.1, -0.05) is 23.8 Å². The van der Waals surface area contributed by atoms with Crippen molar-refractivity contribution >= 4 is 23.3 Å². The predicted molar refractivity (Wildman–Crippen MR) is 104 cm³/mol. The lowest BCUT2D eigenvalue weighted by atomic mass is 10.0. The number of rotatable bonds is 4. The molecular weight excluding hydrogens is 346 g/mol. The molecule has 1 saturated heterocycles. The lowest BCUT2D eigenvalue weighted by Crippen LogP contribution is -2.49. The molecule has 5 nitrogen and oxygen atoms in total. The molecule has 26 heavy (non-hydrogen) atoms. The second kappa shape index (κ2) is 8.36. The van der Waals surface area contributed by atoms with Crippen LogP contribution in [0.4, 0.5) is 4.79 Å². The van der Waals surface area contributed by atoms with Gasteiger partial charge in [0.25, 0.3) is 5.91 Å². The van der Waals surface area contributed by atoms with Crippen molar-refractivity contribution in [2.24, 2.45) is 0 Å². The van der Waals surface area contributed by atoms with Crippen LogP contribution in [-0.2, 0) is 6.54 Å². The van der Waals surface area contributed by atoms with Gasteiger partial charge in [0.15, 0.2) is 0 Å². The third-order valence-corrected chi connectivity index (χ3v) is 5.59. The van der Waals surface area contributed by atoms with E-state index >= 15 is 0 Å². The summed E-state index contributed by atoms with van der Waals surface area (Å²) in [6.07, 6.45) is 1.58. The summed E-state index contributed by atoms with van der Waals surface area (Å²) in [5.41, 5.74) is 1.88. The van der Waals surface area contributed by atoms with Crippen LogP contribution in [0.25, 0.3) is 0 Å². The standard InChI is InChI=1S/C20H25N3O2S/c1-15-5-7-16(8-6-15)19(24)23-11-9-17(10-12-23)21-20(25)22(2)14-18-4-3-13-26-18/h3-8,13,17H,9-12,14H2,1-2H3,(H,21,25). The Bertz CT molecular complexity index is 735. The maximum absolute atomic E-state index is 12.6. The number of hydrogen-bond acceptors (Lipinski definition) is 3. The summed E-state index contributed by atoms with van der Waals surface area (Å²) in [5, 5.41) is 5.11. The fourth-order valence-corrected chi connectivity index (χ4v) is 3.86. The Morgan fingerprint density at radius 3 is 2.50 bits per heavy atom. The molecule has 2 aromatic rings. The van der Waals surface area contributed by atoms with Crippen LogP contribution < -0.4 is 5.32 Å². The minimum absolute atomic E-state index is 0.0540. The minimum atomic E-state index is -0.0540. The molecule has 138 valence electrons. The zero-order valence-electron chi connectivity index (χ0n) is 15.3. The van der Waals surface area contributed by atoms with Gasteiger partial charge in [0, 0.05) is 36.6 Å². The highest BCUT2D eigenvalue weighted by Gasteiger charge is 2.25. The molecule has 1 aliphatic heterocycles. The highest BCUT2D eigenvalue weighted by atomic mass is 32.1. The van der Waals surface area contributed by atoms with Gasteiger partial charge in [-0.2, -0.15) is 0 Å². The van der Waals surface area contributed by atoms with Crippen LogP contribution in [0.2, 0.25) is 0 Å². The van der Waals surface area contributed by atoms with Crippen molar-refractivity contribution in [1.82, 2.24) is 15.1 Å². The molecule has 3 amide bonds. The summed E-state index contributed by atoms with van der Waals surface area (Å²) in [6, 6.07) is 11.8. The number of urea groups is 1. The van der Waals surface area contributed by atoms with Gasteiger partial charge in [-0.3, -0.25) is 4.79 Å². The fraction of sp³-hybridized carbons (Fsp3) is 0.400. The molecule has 0 saturated carbocycles. The summed E-state index contributed by atoms with van der Waals surface area (Å²) in [6.45, 7) is 3.98. The van der Waals surface area contributed by atoms with Gasteiger partial charge in [0.05, 0.1) is 6.54 Å². The molecule has 0 bridgehead atoms. The normalized spacial score (nSPS) is 14.9. The number of likely N-dealkylation sites (tertiary alicyclic amines) is 1. The summed E-state index contributed by atoms with van der Waals surface area (Å²) in [4.78, 5) is 29.7. The largest absolute Gasteiger partial charge is 0.338 e. The van der Waals surface area contributed by atoms with Crippen LogP contribution >= 0.6 is 11.3 Å². The van der Waals surface area contributed by atoms with E-state index in [0.717, 1.165) is 24.0 Å². The number of carbonyl (C=O) groups excluding carboxylic acids is 2. The number of benzene rings is 1. The van der Waals surface area contributed by atoms with Crippen LogP contribution in [0.5, 0.6) is 0 Å². The number of piperidine rings is 1. The van der Waals surface area contributed by atoms with Crippen molar-refractivity contribution in [1.29, 1.82) is 0 Å². The predicted octanol–water partition coefficient (Wildman–Crippen LogP) is 3.50. The summed E-state index contributed by atoms with van der Waals surface area (Å²) in [5.74, 6) is 0.0737. The number of nitrogens with one attached hydrogen (secondary N) is 1. The SMILES string of the molecule is Cc1ccc(C(=O)N2CCC(NC(=O)N(C)Cc3cccs3)CC2)cc1. The number of thiophene rings is 1. The molecule has 6 heteroatoms. The van der Waals surface area contributed by atoms with Crippen molar-refractivity contribution in [3.05, 3.63) is 57.8 Å². The van der Waals surface area contributed by atoms with E-state index in [2.05, 4.69) is 5.32 Å². The first-order chi connectivity index (χ1) is 12.5. The highest BCUT2D eigenvalue weighted by molar-refractivity contribution is 7.09. The molecule has 1 fully saturated rings. The van der Waals surface area contributed by atoms with Crippen molar-refractivity contribution in [3.63, 3.8) is 0 Å². The maximum Gasteiger partial charge on any atom is 0.317 e. The van der Waals surface area contributed by atoms with Crippen LogP contribution in [0, 0.1) is 6.92 Å². The van der Waals surface area contributed by atoms with E-state index in [-0.39, 0.29) is 18.0 Å². The van der Waals surface area contributed by atoms with Crippen LogP contribution in [0.1, 0.15) is 33.6 Å². The van der Waals surface area contributed by atoms with E-state index in [4.69, 9.17) is 0 Å². The van der Waals surface area contributed by atoms with Gasteiger partial charge >= 0.3 is 6.03 Å². The van der Waals surface area contributed by atoms with Crippen molar-refractivity contribution in [2.45, 2.75) is 32.4 Å². The highest BCUT2D eigenvalue weighted by Crippen LogP contribution is 2.16. The van der Waals surface area contributed by atoms with Gasteiger partial charge in [-0.15, -0.1) is 11.3 Å². The van der Waals surface area contributed by atoms with E-state index < -0.39 is 0 Å². The van der Waals surface area contributed by atoms with Crippen LogP contribution in [-0.4, -0.2) is 47.9 Å². The molecule has 1 N–H and O–H groups in total. The molecule has 0 spiro atoms. The van der Waals surface area contributed by atoms with E-state index in [1.54, 1.807) is 16.2 Å². The maximum atomic E-state index is 12.6. The zero-order valence-corrected chi connectivity index (χ0v) is 16.1. The molecule has 3 rings (SSSR count). The van der Waals surface area contributed by atoms with Crippen molar-refractivity contribution in [2.75, 3.05) is 20.1 Å². The zero-order chi connectivity index (χ0) is 18.5. The Labute approximate surface area is 158 Å². The van der Waals surface area contributed by atoms with Crippen LogP contribution in [0.3, 0.4) is 0 Å². The number of nitrogens with zero attached hydrogens (tertiary/aromatic N) is 2.